The molecule has 0 radical (unpaired) electrons. The van der Waals surface area contributed by atoms with Gasteiger partial charge in [0.15, 0.2) is 0 Å². The fraction of sp³-hybridized carbons (Fsp3) is 0.571. The molecule has 1 heterocycles. The van der Waals surface area contributed by atoms with Crippen LogP contribution in [0.3, 0.4) is 0 Å². The fourth-order valence-corrected chi connectivity index (χ4v) is 3.33. The lowest BCUT2D eigenvalue weighted by Gasteiger charge is -2.32. The van der Waals surface area contributed by atoms with E-state index in [0.717, 1.165) is 11.8 Å². The number of nitrogens with zero attached hydrogens (tertiary/aromatic N) is 1. The van der Waals surface area contributed by atoms with E-state index >= 15 is 0 Å². The third kappa shape index (κ3) is 3.17. The topological polar surface area (TPSA) is 15.3 Å². The largest absolute Gasteiger partial charge is 0.370 e. The monoisotopic (exact) mass is 250 g/mol. The zero-order valence-corrected chi connectivity index (χ0v) is 11.8. The van der Waals surface area contributed by atoms with Gasteiger partial charge in [0.2, 0.25) is 0 Å². The van der Waals surface area contributed by atoms with Gasteiger partial charge in [0, 0.05) is 36.3 Å². The normalized spacial score (nSPS) is 20.6. The van der Waals surface area contributed by atoms with E-state index in [1.54, 1.807) is 0 Å². The van der Waals surface area contributed by atoms with Gasteiger partial charge in [-0.3, -0.25) is 0 Å². The predicted octanol–water partition coefficient (Wildman–Crippen LogP) is 2.66. The van der Waals surface area contributed by atoms with Crippen molar-refractivity contribution < 1.29 is 0 Å². The van der Waals surface area contributed by atoms with Crippen LogP contribution in [-0.2, 0) is 6.54 Å². The van der Waals surface area contributed by atoms with Crippen molar-refractivity contribution in [1.29, 1.82) is 0 Å². The summed E-state index contributed by atoms with van der Waals surface area (Å²) in [6.45, 7) is 7.84. The third-order valence-corrected chi connectivity index (χ3v) is 4.44. The molecule has 2 rings (SSSR count). The van der Waals surface area contributed by atoms with Crippen LogP contribution >= 0.6 is 11.8 Å². The molecule has 0 aliphatic carbocycles. The summed E-state index contributed by atoms with van der Waals surface area (Å²) in [6, 6.07) is 6.85. The average molecular weight is 250 g/mol. The Morgan fingerprint density at radius 3 is 2.94 bits per heavy atom. The molecule has 1 N–H and O–H groups in total. The second-order valence-electron chi connectivity index (χ2n) is 4.77. The van der Waals surface area contributed by atoms with E-state index in [4.69, 9.17) is 0 Å². The highest BCUT2D eigenvalue weighted by Crippen LogP contribution is 2.25. The first-order chi connectivity index (χ1) is 8.20. The molecule has 1 aliphatic heterocycles. The zero-order chi connectivity index (χ0) is 12.3. The first kappa shape index (κ1) is 12.8. The van der Waals surface area contributed by atoms with E-state index in [0.29, 0.717) is 0 Å². The minimum Gasteiger partial charge on any atom is -0.370 e. The molecule has 1 unspecified atom stereocenters. The van der Waals surface area contributed by atoms with Gasteiger partial charge >= 0.3 is 0 Å². The number of anilines is 1. The van der Waals surface area contributed by atoms with Crippen LogP contribution in [-0.4, -0.2) is 31.1 Å². The van der Waals surface area contributed by atoms with Gasteiger partial charge in [-0.05, 0) is 37.2 Å². The molecular formula is C14H22N2S. The van der Waals surface area contributed by atoms with E-state index in [1.165, 1.54) is 35.7 Å². The Morgan fingerprint density at radius 2 is 2.29 bits per heavy atom. The summed E-state index contributed by atoms with van der Waals surface area (Å²) in [7, 11) is 2.00. The van der Waals surface area contributed by atoms with E-state index < -0.39 is 0 Å². The van der Waals surface area contributed by atoms with Crippen molar-refractivity contribution in [3.63, 3.8) is 0 Å². The summed E-state index contributed by atoms with van der Waals surface area (Å²) in [5.74, 6) is 1.25. The highest BCUT2D eigenvalue weighted by Gasteiger charge is 2.17. The maximum atomic E-state index is 3.21. The summed E-state index contributed by atoms with van der Waals surface area (Å²) >= 11 is 2.08. The number of hydrogen-bond donors (Lipinski definition) is 1. The Kier molecular flexibility index (Phi) is 4.35. The highest BCUT2D eigenvalue weighted by molar-refractivity contribution is 8.00. The predicted molar refractivity (Wildman–Crippen MR) is 78.1 cm³/mol. The lowest BCUT2D eigenvalue weighted by atomic mass is 10.1. The quantitative estimate of drug-likeness (QED) is 0.888. The van der Waals surface area contributed by atoms with Gasteiger partial charge in [-0.25, -0.2) is 0 Å². The number of hydrogen-bond acceptors (Lipinski definition) is 3. The van der Waals surface area contributed by atoms with Crippen LogP contribution in [0.1, 0.15) is 18.1 Å². The van der Waals surface area contributed by atoms with E-state index in [-0.39, 0.29) is 0 Å². The van der Waals surface area contributed by atoms with E-state index in [1.807, 2.05) is 7.05 Å². The molecule has 1 atom stereocenters. The molecule has 1 fully saturated rings. The highest BCUT2D eigenvalue weighted by atomic mass is 32.2. The van der Waals surface area contributed by atoms with Crippen molar-refractivity contribution in [2.24, 2.45) is 0 Å². The molecule has 0 saturated carbocycles. The molecule has 1 aliphatic rings. The SMILES string of the molecule is CNCc1ccc(N2CCSC(C)C2)cc1C. The molecule has 1 aromatic rings. The first-order valence-corrected chi connectivity index (χ1v) is 7.36. The van der Waals surface area contributed by atoms with Gasteiger partial charge in [-0.15, -0.1) is 0 Å². The van der Waals surface area contributed by atoms with E-state index in [2.05, 4.69) is 54.0 Å². The van der Waals surface area contributed by atoms with Crippen LogP contribution < -0.4 is 10.2 Å². The van der Waals surface area contributed by atoms with Crippen LogP contribution in [0.2, 0.25) is 0 Å². The van der Waals surface area contributed by atoms with Gasteiger partial charge < -0.3 is 10.2 Å². The average Bonchev–Trinajstić information content (AvgIpc) is 2.32. The zero-order valence-electron chi connectivity index (χ0n) is 11.0. The standard InChI is InChI=1S/C14H22N2S/c1-11-8-14(5-4-13(11)9-15-3)16-6-7-17-12(2)10-16/h4-5,8,12,15H,6-7,9-10H2,1-3H3. The van der Waals surface area contributed by atoms with Crippen LogP contribution in [0, 0.1) is 6.92 Å². The minimum absolute atomic E-state index is 0.751. The second-order valence-corrected chi connectivity index (χ2v) is 6.31. The summed E-state index contributed by atoms with van der Waals surface area (Å²) in [5, 5.41) is 3.96. The maximum absolute atomic E-state index is 3.21. The Balaban J connectivity index is 2.13. The molecule has 0 spiro atoms. The Morgan fingerprint density at radius 1 is 1.47 bits per heavy atom. The molecular weight excluding hydrogens is 228 g/mol. The Hall–Kier alpha value is -0.670. The van der Waals surface area contributed by atoms with Crippen molar-refractivity contribution >= 4 is 17.4 Å². The number of thioether (sulfide) groups is 1. The second kappa shape index (κ2) is 5.78. The van der Waals surface area contributed by atoms with Crippen molar-refractivity contribution in [2.45, 2.75) is 25.6 Å². The number of nitrogens with one attached hydrogen (secondary N) is 1. The lowest BCUT2D eigenvalue weighted by molar-refractivity contribution is 0.779. The van der Waals surface area contributed by atoms with Gasteiger partial charge in [0.1, 0.15) is 0 Å². The third-order valence-electron chi connectivity index (χ3n) is 3.30. The van der Waals surface area contributed by atoms with Crippen LogP contribution in [0.25, 0.3) is 0 Å². The lowest BCUT2D eigenvalue weighted by Crippen LogP contribution is -2.36. The van der Waals surface area contributed by atoms with Crippen LogP contribution in [0.5, 0.6) is 0 Å². The first-order valence-electron chi connectivity index (χ1n) is 6.31. The number of rotatable bonds is 3. The van der Waals surface area contributed by atoms with E-state index in [9.17, 15) is 0 Å². The van der Waals surface area contributed by atoms with Crippen molar-refractivity contribution in [1.82, 2.24) is 5.32 Å². The van der Waals surface area contributed by atoms with Crippen molar-refractivity contribution in [3.8, 4) is 0 Å². The minimum atomic E-state index is 0.751. The smallest absolute Gasteiger partial charge is 0.0369 e. The molecule has 17 heavy (non-hydrogen) atoms. The van der Waals surface area contributed by atoms with Gasteiger partial charge in [0.05, 0.1) is 0 Å². The van der Waals surface area contributed by atoms with Gasteiger partial charge in [-0.1, -0.05) is 13.0 Å². The Labute approximate surface area is 109 Å². The molecule has 1 saturated heterocycles. The van der Waals surface area contributed by atoms with Crippen LogP contribution in [0.4, 0.5) is 5.69 Å². The summed E-state index contributed by atoms with van der Waals surface area (Å²) in [4.78, 5) is 2.51. The van der Waals surface area contributed by atoms with Gasteiger partial charge in [-0.2, -0.15) is 11.8 Å². The molecule has 0 bridgehead atoms. The molecule has 3 heteroatoms. The summed E-state index contributed by atoms with van der Waals surface area (Å²) in [6.07, 6.45) is 0. The number of aryl methyl sites for hydroxylation is 1. The van der Waals surface area contributed by atoms with Crippen molar-refractivity contribution in [2.75, 3.05) is 30.8 Å². The number of benzene rings is 1. The fourth-order valence-electron chi connectivity index (χ4n) is 2.32. The van der Waals surface area contributed by atoms with Gasteiger partial charge in [0.25, 0.3) is 0 Å². The summed E-state index contributed by atoms with van der Waals surface area (Å²) < 4.78 is 0. The van der Waals surface area contributed by atoms with Crippen LogP contribution in [0.15, 0.2) is 18.2 Å². The van der Waals surface area contributed by atoms with Crippen molar-refractivity contribution in [3.05, 3.63) is 29.3 Å². The molecule has 94 valence electrons. The maximum Gasteiger partial charge on any atom is 0.0369 e. The molecule has 2 nitrogen and oxygen atoms in total. The molecule has 0 amide bonds. The molecule has 1 aromatic carbocycles. The Bertz CT molecular complexity index is 378. The molecule has 0 aromatic heterocycles. The summed E-state index contributed by atoms with van der Waals surface area (Å²) in [5.41, 5.74) is 4.17.